The van der Waals surface area contributed by atoms with Gasteiger partial charge >= 0.3 is 6.03 Å². The zero-order valence-electron chi connectivity index (χ0n) is 14.2. The van der Waals surface area contributed by atoms with Crippen LogP contribution in [-0.4, -0.2) is 35.1 Å². The highest BCUT2D eigenvalue weighted by Crippen LogP contribution is 2.46. The Balaban J connectivity index is 1.20. The summed E-state index contributed by atoms with van der Waals surface area (Å²) in [6.45, 7) is 2.28. The third-order valence-corrected chi connectivity index (χ3v) is 4.98. The molecule has 6 nitrogen and oxygen atoms in total. The second kappa shape index (κ2) is 7.27. The van der Waals surface area contributed by atoms with Crippen LogP contribution in [0.3, 0.4) is 0 Å². The van der Waals surface area contributed by atoms with E-state index in [4.69, 9.17) is 4.74 Å². The Morgan fingerprint density at radius 3 is 3.00 bits per heavy atom. The number of nitrogens with zero attached hydrogens (tertiary/aromatic N) is 2. The number of benzene rings is 1. The van der Waals surface area contributed by atoms with Crippen LogP contribution in [-0.2, 0) is 11.3 Å². The minimum atomic E-state index is -0.171. The summed E-state index contributed by atoms with van der Waals surface area (Å²) in [7, 11) is 0. The van der Waals surface area contributed by atoms with E-state index in [1.807, 2.05) is 16.9 Å². The minimum absolute atomic E-state index is 0.171. The van der Waals surface area contributed by atoms with Gasteiger partial charge in [0.15, 0.2) is 0 Å². The normalized spacial score (nSPS) is 24.9. The summed E-state index contributed by atoms with van der Waals surface area (Å²) in [6.07, 6.45) is 7.11. The quantitative estimate of drug-likeness (QED) is 0.849. The van der Waals surface area contributed by atoms with Crippen LogP contribution in [0.2, 0.25) is 0 Å². The van der Waals surface area contributed by atoms with Gasteiger partial charge in [0, 0.05) is 19.3 Å². The van der Waals surface area contributed by atoms with Gasteiger partial charge in [-0.3, -0.25) is 4.68 Å². The predicted octanol–water partition coefficient (Wildman–Crippen LogP) is 2.99. The fourth-order valence-corrected chi connectivity index (χ4v) is 3.51. The number of carbonyl (C=O) groups is 1. The Morgan fingerprint density at radius 2 is 2.20 bits per heavy atom. The van der Waals surface area contributed by atoms with E-state index in [2.05, 4.69) is 40.0 Å². The molecule has 2 aliphatic rings. The fourth-order valence-electron chi connectivity index (χ4n) is 3.51. The average Bonchev–Trinajstić information content (AvgIpc) is 2.98. The van der Waals surface area contributed by atoms with E-state index in [-0.39, 0.29) is 12.1 Å². The highest BCUT2D eigenvalue weighted by Gasteiger charge is 2.38. The summed E-state index contributed by atoms with van der Waals surface area (Å²) in [5, 5.41) is 10.1. The van der Waals surface area contributed by atoms with E-state index in [1.165, 1.54) is 5.56 Å². The first-order valence-corrected chi connectivity index (χ1v) is 9.02. The molecule has 0 bridgehead atoms. The van der Waals surface area contributed by atoms with Crippen molar-refractivity contribution in [2.45, 2.75) is 37.8 Å². The maximum absolute atomic E-state index is 12.1. The van der Waals surface area contributed by atoms with Crippen LogP contribution in [0, 0.1) is 5.92 Å². The first-order chi connectivity index (χ1) is 12.3. The summed E-state index contributed by atoms with van der Waals surface area (Å²) in [4.78, 5) is 12.1. The second-order valence-electron chi connectivity index (χ2n) is 6.93. The largest absolute Gasteiger partial charge is 0.376 e. The van der Waals surface area contributed by atoms with Crippen molar-refractivity contribution in [2.24, 2.45) is 5.92 Å². The Morgan fingerprint density at radius 1 is 1.32 bits per heavy atom. The molecule has 1 aliphatic carbocycles. The average molecular weight is 340 g/mol. The van der Waals surface area contributed by atoms with Crippen molar-refractivity contribution in [3.05, 3.63) is 48.3 Å². The Bertz CT molecular complexity index is 709. The summed E-state index contributed by atoms with van der Waals surface area (Å²) in [6, 6.07) is 10.3. The number of nitrogens with one attached hydrogen (secondary N) is 2. The SMILES string of the molecule is O=C(NC[C@@H]1C[C@@H]1c1ccccc1)Nc1cnn(C[C@H]2CCCO2)c1. The Labute approximate surface area is 147 Å². The van der Waals surface area contributed by atoms with Gasteiger partial charge in [0.25, 0.3) is 0 Å². The van der Waals surface area contributed by atoms with Crippen molar-refractivity contribution < 1.29 is 9.53 Å². The lowest BCUT2D eigenvalue weighted by Gasteiger charge is -2.08. The zero-order chi connectivity index (χ0) is 17.1. The van der Waals surface area contributed by atoms with Gasteiger partial charge in [0.05, 0.1) is 24.5 Å². The van der Waals surface area contributed by atoms with Gasteiger partial charge in [-0.1, -0.05) is 30.3 Å². The molecule has 0 radical (unpaired) electrons. The highest BCUT2D eigenvalue weighted by atomic mass is 16.5. The standard InChI is InChI=1S/C19H24N4O2/c24-19(20-10-15-9-18(15)14-5-2-1-3-6-14)22-16-11-21-23(12-16)13-17-7-4-8-25-17/h1-3,5-6,11-12,15,17-18H,4,7-10,13H2,(H2,20,22,24)/t15-,17+,18+/m0/s1. The summed E-state index contributed by atoms with van der Waals surface area (Å²) >= 11 is 0. The van der Waals surface area contributed by atoms with Gasteiger partial charge in [-0.25, -0.2) is 4.79 Å². The first kappa shape index (κ1) is 16.1. The molecular weight excluding hydrogens is 316 g/mol. The van der Waals surface area contributed by atoms with E-state index in [1.54, 1.807) is 6.20 Å². The van der Waals surface area contributed by atoms with Crippen LogP contribution in [0.15, 0.2) is 42.7 Å². The van der Waals surface area contributed by atoms with Crippen molar-refractivity contribution in [3.8, 4) is 0 Å². The maximum Gasteiger partial charge on any atom is 0.319 e. The Kier molecular flexibility index (Phi) is 4.70. The number of urea groups is 1. The monoisotopic (exact) mass is 340 g/mol. The molecule has 6 heteroatoms. The predicted molar refractivity (Wildman–Crippen MR) is 95.5 cm³/mol. The van der Waals surface area contributed by atoms with E-state index in [0.29, 0.717) is 24.1 Å². The van der Waals surface area contributed by atoms with Gasteiger partial charge in [0.2, 0.25) is 0 Å². The molecule has 2 N–H and O–H groups in total. The molecule has 0 spiro atoms. The number of rotatable bonds is 6. The number of carbonyl (C=O) groups excluding carboxylic acids is 1. The van der Waals surface area contributed by atoms with Crippen LogP contribution in [0.5, 0.6) is 0 Å². The lowest BCUT2D eigenvalue weighted by Crippen LogP contribution is -2.30. The topological polar surface area (TPSA) is 68.2 Å². The number of amides is 2. The smallest absolute Gasteiger partial charge is 0.319 e. The third-order valence-electron chi connectivity index (χ3n) is 4.98. The van der Waals surface area contributed by atoms with Crippen LogP contribution in [0.25, 0.3) is 0 Å². The van der Waals surface area contributed by atoms with Crippen LogP contribution >= 0.6 is 0 Å². The molecule has 1 aliphatic heterocycles. The molecule has 2 amide bonds. The summed E-state index contributed by atoms with van der Waals surface area (Å²) < 4.78 is 7.44. The number of hydrogen-bond acceptors (Lipinski definition) is 3. The second-order valence-corrected chi connectivity index (χ2v) is 6.93. The first-order valence-electron chi connectivity index (χ1n) is 9.02. The Hall–Kier alpha value is -2.34. The van der Waals surface area contributed by atoms with Gasteiger partial charge in [-0.2, -0.15) is 5.10 Å². The van der Waals surface area contributed by atoms with Crippen LogP contribution < -0.4 is 10.6 Å². The lowest BCUT2D eigenvalue weighted by molar-refractivity contribution is 0.0940. The van der Waals surface area contributed by atoms with Crippen molar-refractivity contribution in [1.82, 2.24) is 15.1 Å². The molecule has 1 saturated carbocycles. The van der Waals surface area contributed by atoms with E-state index in [0.717, 1.165) is 32.4 Å². The molecule has 25 heavy (non-hydrogen) atoms. The maximum atomic E-state index is 12.1. The molecule has 132 valence electrons. The van der Waals surface area contributed by atoms with Gasteiger partial charge < -0.3 is 15.4 Å². The number of ether oxygens (including phenoxy) is 1. The molecule has 1 aromatic heterocycles. The van der Waals surface area contributed by atoms with Crippen molar-refractivity contribution in [3.63, 3.8) is 0 Å². The van der Waals surface area contributed by atoms with Crippen molar-refractivity contribution in [1.29, 1.82) is 0 Å². The zero-order valence-corrected chi connectivity index (χ0v) is 14.2. The molecule has 2 aromatic rings. The molecule has 1 aromatic carbocycles. The van der Waals surface area contributed by atoms with Crippen LogP contribution in [0.4, 0.5) is 10.5 Å². The third kappa shape index (κ3) is 4.20. The van der Waals surface area contributed by atoms with E-state index >= 15 is 0 Å². The number of aromatic nitrogens is 2. The summed E-state index contributed by atoms with van der Waals surface area (Å²) in [5.74, 6) is 1.12. The van der Waals surface area contributed by atoms with Crippen molar-refractivity contribution >= 4 is 11.7 Å². The van der Waals surface area contributed by atoms with Gasteiger partial charge in [0.1, 0.15) is 0 Å². The molecule has 2 fully saturated rings. The summed E-state index contributed by atoms with van der Waals surface area (Å²) in [5.41, 5.74) is 2.08. The minimum Gasteiger partial charge on any atom is -0.376 e. The molecule has 1 saturated heterocycles. The number of hydrogen-bond donors (Lipinski definition) is 2. The number of anilines is 1. The molecule has 3 atom stereocenters. The van der Waals surface area contributed by atoms with E-state index in [9.17, 15) is 4.79 Å². The fraction of sp³-hybridized carbons (Fsp3) is 0.474. The van der Waals surface area contributed by atoms with Gasteiger partial charge in [-0.15, -0.1) is 0 Å². The highest BCUT2D eigenvalue weighted by molar-refractivity contribution is 5.88. The van der Waals surface area contributed by atoms with Gasteiger partial charge in [-0.05, 0) is 36.7 Å². The molecule has 4 rings (SSSR count). The molecular formula is C19H24N4O2. The van der Waals surface area contributed by atoms with Crippen LogP contribution in [0.1, 0.15) is 30.7 Å². The molecule has 0 unspecified atom stereocenters. The lowest BCUT2D eigenvalue weighted by atomic mass is 10.1. The van der Waals surface area contributed by atoms with Crippen molar-refractivity contribution in [2.75, 3.05) is 18.5 Å². The molecule has 2 heterocycles. The van der Waals surface area contributed by atoms with E-state index < -0.39 is 0 Å².